The largest absolute Gasteiger partial charge is 0.495 e. The number of rotatable bonds is 11. The second-order valence-electron chi connectivity index (χ2n) is 9.70. The van der Waals surface area contributed by atoms with Crippen LogP contribution in [0.3, 0.4) is 0 Å². The van der Waals surface area contributed by atoms with Crippen molar-refractivity contribution in [2.45, 2.75) is 51.2 Å². The van der Waals surface area contributed by atoms with Gasteiger partial charge < -0.3 is 15.0 Å². The first kappa shape index (κ1) is 32.5. The Balaban J connectivity index is 2.11. The van der Waals surface area contributed by atoms with Crippen LogP contribution in [-0.2, 0) is 26.2 Å². The lowest BCUT2D eigenvalue weighted by Crippen LogP contribution is -2.52. The zero-order valence-electron chi connectivity index (χ0n) is 23.3. The molecule has 0 heterocycles. The van der Waals surface area contributed by atoms with Gasteiger partial charge in [0.2, 0.25) is 11.8 Å². The molecule has 0 aliphatic carbocycles. The Labute approximate surface area is 256 Å². The first-order chi connectivity index (χ1) is 19.3. The topological polar surface area (TPSA) is 96.0 Å². The molecule has 3 rings (SSSR count). The molecule has 0 radical (unpaired) electrons. The molecule has 220 valence electrons. The maximum absolute atomic E-state index is 14.0. The van der Waals surface area contributed by atoms with Gasteiger partial charge in [-0.25, -0.2) is 8.42 Å². The van der Waals surface area contributed by atoms with Crippen molar-refractivity contribution in [2.75, 3.05) is 18.0 Å². The highest BCUT2D eigenvalue weighted by Gasteiger charge is 2.33. The third kappa shape index (κ3) is 7.86. The van der Waals surface area contributed by atoms with Gasteiger partial charge in [-0.3, -0.25) is 13.9 Å². The lowest BCUT2D eigenvalue weighted by atomic mass is 10.1. The monoisotopic (exact) mass is 639 g/mol. The Bertz CT molecular complexity index is 1490. The second kappa shape index (κ2) is 13.8. The predicted octanol–water partition coefficient (Wildman–Crippen LogP) is 6.10. The van der Waals surface area contributed by atoms with Gasteiger partial charge in [0, 0.05) is 28.2 Å². The van der Waals surface area contributed by atoms with Crippen molar-refractivity contribution < 1.29 is 22.7 Å². The number of aryl methyl sites for hydroxylation is 1. The lowest BCUT2D eigenvalue weighted by molar-refractivity contribution is -0.139. The number of anilines is 1. The van der Waals surface area contributed by atoms with Gasteiger partial charge in [0.05, 0.1) is 22.7 Å². The number of benzene rings is 3. The number of carbonyl (C=O) groups is 2. The fraction of sp³-hybridized carbons (Fsp3) is 0.310. The summed E-state index contributed by atoms with van der Waals surface area (Å²) in [5.41, 5.74) is 1.43. The summed E-state index contributed by atoms with van der Waals surface area (Å²) in [4.78, 5) is 28.3. The molecular weight excluding hydrogens is 609 g/mol. The van der Waals surface area contributed by atoms with Crippen molar-refractivity contribution in [3.8, 4) is 5.75 Å². The number of halogens is 3. The first-order valence-corrected chi connectivity index (χ1v) is 15.3. The van der Waals surface area contributed by atoms with E-state index >= 15 is 0 Å². The van der Waals surface area contributed by atoms with Crippen molar-refractivity contribution in [3.05, 3.63) is 86.9 Å². The van der Waals surface area contributed by atoms with Gasteiger partial charge in [-0.2, -0.15) is 0 Å². The Hall–Kier alpha value is -2.98. The minimum absolute atomic E-state index is 0.0193. The SMILES string of the molecule is COc1ccc(N(CC(=O)N(Cc2c(Cl)cccc2Cl)C(C)C(=O)NC(C)C)S(=O)(=O)c2ccc(C)cc2)cc1Cl. The van der Waals surface area contributed by atoms with Gasteiger partial charge in [-0.15, -0.1) is 0 Å². The molecule has 0 saturated carbocycles. The molecule has 1 atom stereocenters. The Morgan fingerprint density at radius 2 is 1.54 bits per heavy atom. The number of hydrogen-bond acceptors (Lipinski definition) is 5. The fourth-order valence-electron chi connectivity index (χ4n) is 4.02. The second-order valence-corrected chi connectivity index (χ2v) is 12.8. The van der Waals surface area contributed by atoms with E-state index in [9.17, 15) is 18.0 Å². The van der Waals surface area contributed by atoms with Crippen LogP contribution in [0.1, 0.15) is 31.9 Å². The van der Waals surface area contributed by atoms with E-state index in [1.807, 2.05) is 6.92 Å². The number of nitrogens with zero attached hydrogens (tertiary/aromatic N) is 2. The molecule has 0 fully saturated rings. The maximum Gasteiger partial charge on any atom is 0.264 e. The van der Waals surface area contributed by atoms with Gasteiger partial charge in [0.25, 0.3) is 10.0 Å². The van der Waals surface area contributed by atoms with Crippen LogP contribution in [0.2, 0.25) is 15.1 Å². The van der Waals surface area contributed by atoms with Gasteiger partial charge in [-0.1, -0.05) is 58.6 Å². The summed E-state index contributed by atoms with van der Waals surface area (Å²) in [6.45, 7) is 6.22. The number of carbonyl (C=O) groups excluding carboxylic acids is 2. The summed E-state index contributed by atoms with van der Waals surface area (Å²) in [6, 6.07) is 14.4. The fourth-order valence-corrected chi connectivity index (χ4v) is 6.19. The van der Waals surface area contributed by atoms with E-state index in [0.717, 1.165) is 9.87 Å². The standard InChI is InChI=1S/C29H32Cl3N3O5S/c1-18(2)33-29(37)20(4)34(16-23-24(30)7-6-8-25(23)31)28(36)17-35(21-11-14-27(40-5)26(32)15-21)41(38,39)22-12-9-19(3)10-13-22/h6-15,18,20H,16-17H2,1-5H3,(H,33,37). The molecule has 0 aromatic heterocycles. The predicted molar refractivity (Wildman–Crippen MR) is 163 cm³/mol. The summed E-state index contributed by atoms with van der Waals surface area (Å²) < 4.78 is 34.1. The van der Waals surface area contributed by atoms with Gasteiger partial charge in [0.15, 0.2) is 0 Å². The summed E-state index contributed by atoms with van der Waals surface area (Å²) in [5.74, 6) is -0.740. The molecule has 0 spiro atoms. The van der Waals surface area contributed by atoms with E-state index in [1.165, 1.54) is 42.3 Å². The van der Waals surface area contributed by atoms with Crippen molar-refractivity contribution in [1.29, 1.82) is 0 Å². The van der Waals surface area contributed by atoms with Crippen LogP contribution < -0.4 is 14.4 Å². The van der Waals surface area contributed by atoms with E-state index in [0.29, 0.717) is 21.4 Å². The van der Waals surface area contributed by atoms with E-state index < -0.39 is 34.4 Å². The number of nitrogens with one attached hydrogen (secondary N) is 1. The Kier molecular flexibility index (Phi) is 10.9. The third-order valence-electron chi connectivity index (χ3n) is 6.30. The zero-order chi connectivity index (χ0) is 30.5. The molecule has 2 amide bonds. The summed E-state index contributed by atoms with van der Waals surface area (Å²) >= 11 is 19.2. The van der Waals surface area contributed by atoms with Gasteiger partial charge >= 0.3 is 0 Å². The Morgan fingerprint density at radius 1 is 0.927 bits per heavy atom. The smallest absolute Gasteiger partial charge is 0.264 e. The van der Waals surface area contributed by atoms with Gasteiger partial charge in [0.1, 0.15) is 18.3 Å². The summed E-state index contributed by atoms with van der Waals surface area (Å²) in [6.07, 6.45) is 0. The molecule has 3 aromatic rings. The average Bonchev–Trinajstić information content (AvgIpc) is 2.91. The van der Waals surface area contributed by atoms with E-state index in [-0.39, 0.29) is 28.2 Å². The number of hydrogen-bond donors (Lipinski definition) is 1. The maximum atomic E-state index is 14.0. The van der Waals surface area contributed by atoms with Crippen LogP contribution in [0, 0.1) is 6.92 Å². The molecule has 1 N–H and O–H groups in total. The molecular formula is C29H32Cl3N3O5S. The van der Waals surface area contributed by atoms with E-state index in [1.54, 1.807) is 51.1 Å². The summed E-state index contributed by atoms with van der Waals surface area (Å²) in [7, 11) is -2.82. The van der Waals surface area contributed by atoms with Crippen LogP contribution >= 0.6 is 34.8 Å². The van der Waals surface area contributed by atoms with Crippen LogP contribution in [-0.4, -0.2) is 50.9 Å². The van der Waals surface area contributed by atoms with E-state index in [4.69, 9.17) is 39.5 Å². The first-order valence-electron chi connectivity index (χ1n) is 12.7. The average molecular weight is 641 g/mol. The molecule has 12 heteroatoms. The van der Waals surface area contributed by atoms with Crippen LogP contribution in [0.5, 0.6) is 5.75 Å². The van der Waals surface area contributed by atoms with Crippen LogP contribution in [0.25, 0.3) is 0 Å². The third-order valence-corrected chi connectivity index (χ3v) is 9.09. The van der Waals surface area contributed by atoms with Crippen LogP contribution in [0.4, 0.5) is 5.69 Å². The van der Waals surface area contributed by atoms with Crippen LogP contribution in [0.15, 0.2) is 65.6 Å². The normalized spacial score (nSPS) is 12.1. The van der Waals surface area contributed by atoms with Crippen molar-refractivity contribution in [1.82, 2.24) is 10.2 Å². The Morgan fingerprint density at radius 3 is 2.07 bits per heavy atom. The molecule has 3 aromatic carbocycles. The molecule has 0 bridgehead atoms. The lowest BCUT2D eigenvalue weighted by Gasteiger charge is -2.32. The molecule has 41 heavy (non-hydrogen) atoms. The number of sulfonamides is 1. The van der Waals surface area contributed by atoms with Crippen molar-refractivity contribution >= 4 is 62.3 Å². The minimum Gasteiger partial charge on any atom is -0.495 e. The highest BCUT2D eigenvalue weighted by atomic mass is 35.5. The van der Waals surface area contributed by atoms with E-state index in [2.05, 4.69) is 5.32 Å². The highest BCUT2D eigenvalue weighted by molar-refractivity contribution is 7.92. The zero-order valence-corrected chi connectivity index (χ0v) is 26.4. The number of methoxy groups -OCH3 is 1. The van der Waals surface area contributed by atoms with Crippen molar-refractivity contribution in [3.63, 3.8) is 0 Å². The van der Waals surface area contributed by atoms with Gasteiger partial charge in [-0.05, 0) is 70.2 Å². The number of ether oxygens (including phenoxy) is 1. The minimum atomic E-state index is -4.26. The van der Waals surface area contributed by atoms with Crippen molar-refractivity contribution in [2.24, 2.45) is 0 Å². The molecule has 0 aliphatic heterocycles. The highest BCUT2D eigenvalue weighted by Crippen LogP contribution is 2.33. The molecule has 8 nitrogen and oxygen atoms in total. The molecule has 0 aliphatic rings. The molecule has 0 saturated heterocycles. The quantitative estimate of drug-likeness (QED) is 0.273. The molecule has 1 unspecified atom stereocenters. The number of amides is 2. The summed E-state index contributed by atoms with van der Waals surface area (Å²) in [5, 5.41) is 3.56.